The van der Waals surface area contributed by atoms with Crippen LogP contribution in [0.4, 0.5) is 0 Å². The Balaban J connectivity index is 2.67. The van der Waals surface area contributed by atoms with Crippen molar-refractivity contribution in [2.75, 3.05) is 26.9 Å². The minimum absolute atomic E-state index is 0.0541. The van der Waals surface area contributed by atoms with Gasteiger partial charge >= 0.3 is 0 Å². The van der Waals surface area contributed by atoms with Crippen LogP contribution in [0.5, 0.6) is 0 Å². The van der Waals surface area contributed by atoms with E-state index < -0.39 is 14.4 Å². The molecule has 0 spiro atoms. The van der Waals surface area contributed by atoms with E-state index in [1.54, 1.807) is 7.11 Å². The molecule has 0 N–H and O–H groups in total. The summed E-state index contributed by atoms with van der Waals surface area (Å²) in [6.07, 6.45) is -0.200. The van der Waals surface area contributed by atoms with Crippen molar-refractivity contribution >= 4 is 16.2 Å². The number of hydrogen-bond acceptors (Lipinski definition) is 5. The molecule has 2 unspecified atom stereocenters. The molecular weight excluding hydrogens is 316 g/mol. The molecule has 8 heteroatoms. The summed E-state index contributed by atoms with van der Waals surface area (Å²) in [5.41, 5.74) is 0. The molecule has 130 valence electrons. The Kier molecular flexibility index (Phi) is 9.61. The fourth-order valence-electron chi connectivity index (χ4n) is 2.33. The van der Waals surface area contributed by atoms with Gasteiger partial charge in [-0.1, -0.05) is 6.92 Å². The summed E-state index contributed by atoms with van der Waals surface area (Å²) in [4.78, 5) is 3.26. The lowest BCUT2D eigenvalue weighted by Gasteiger charge is -2.30. The molecule has 1 aliphatic rings. The molecule has 1 saturated heterocycles. The number of nitrogens with zero attached hydrogens (tertiary/aromatic N) is 1. The molecule has 1 rings (SSSR count). The molecule has 1 aliphatic heterocycles. The fourth-order valence-corrected chi connectivity index (χ4v) is 3.33. The predicted octanol–water partition coefficient (Wildman–Crippen LogP) is 2.36. The van der Waals surface area contributed by atoms with Gasteiger partial charge in [-0.25, -0.2) is 6.57 Å². The summed E-state index contributed by atoms with van der Waals surface area (Å²) < 4.78 is 28.7. The Morgan fingerprint density at radius 1 is 1.30 bits per heavy atom. The second kappa shape index (κ2) is 10.6. The van der Waals surface area contributed by atoms with E-state index in [4.69, 9.17) is 37.7 Å². The molecule has 2 radical (unpaired) electrons. The van der Waals surface area contributed by atoms with Gasteiger partial charge in [-0.2, -0.15) is 0 Å². The van der Waals surface area contributed by atoms with Gasteiger partial charge in [0.15, 0.2) is 8.38 Å². The van der Waals surface area contributed by atoms with Gasteiger partial charge in [0, 0.05) is 19.8 Å². The Hall–Kier alpha value is -0.215. The third-order valence-electron chi connectivity index (χ3n) is 3.90. The van der Waals surface area contributed by atoms with Crippen LogP contribution >= 0.6 is 8.38 Å². The number of ether oxygens (including phenoxy) is 3. The van der Waals surface area contributed by atoms with E-state index in [1.165, 1.54) is 0 Å². The van der Waals surface area contributed by atoms with Crippen LogP contribution < -0.4 is 0 Å². The van der Waals surface area contributed by atoms with Gasteiger partial charge in [0.1, 0.15) is 26.7 Å². The van der Waals surface area contributed by atoms with Gasteiger partial charge < -0.3 is 28.1 Å². The smallest absolute Gasteiger partial charge is 0.238 e. The molecule has 0 amide bonds. The average Bonchev–Trinajstić information content (AvgIpc) is 2.82. The van der Waals surface area contributed by atoms with Gasteiger partial charge in [-0.15, -0.1) is 0 Å². The van der Waals surface area contributed by atoms with Crippen molar-refractivity contribution in [1.29, 1.82) is 0 Å². The van der Waals surface area contributed by atoms with Crippen LogP contribution in [-0.4, -0.2) is 71.3 Å². The first-order valence-electron chi connectivity index (χ1n) is 7.90. The summed E-state index contributed by atoms with van der Waals surface area (Å²) in [7, 11) is 6.61. The Morgan fingerprint density at radius 3 is 2.57 bits per heavy atom. The highest BCUT2D eigenvalue weighted by molar-refractivity contribution is 7.46. The molecule has 0 aliphatic carbocycles. The lowest BCUT2D eigenvalue weighted by Crippen LogP contribution is -2.41. The maximum Gasteiger partial charge on any atom is 0.238 e. The molecule has 0 bridgehead atoms. The highest BCUT2D eigenvalue weighted by Gasteiger charge is 2.44. The zero-order chi connectivity index (χ0) is 17.4. The summed E-state index contributed by atoms with van der Waals surface area (Å²) in [6, 6.07) is -0.539. The van der Waals surface area contributed by atoms with Crippen molar-refractivity contribution in [1.82, 2.24) is 0 Å². The molecule has 7 atom stereocenters. The Labute approximate surface area is 142 Å². The first-order chi connectivity index (χ1) is 10.9. The van der Waals surface area contributed by atoms with Gasteiger partial charge in [0.25, 0.3) is 0 Å². The van der Waals surface area contributed by atoms with Crippen LogP contribution in [0.25, 0.3) is 4.85 Å². The molecule has 23 heavy (non-hydrogen) atoms. The monoisotopic (exact) mass is 343 g/mol. The van der Waals surface area contributed by atoms with E-state index in [2.05, 4.69) is 4.85 Å². The van der Waals surface area contributed by atoms with Crippen molar-refractivity contribution in [3.63, 3.8) is 0 Å². The van der Waals surface area contributed by atoms with E-state index in [1.807, 2.05) is 27.4 Å². The molecule has 6 nitrogen and oxygen atoms in total. The highest BCUT2D eigenvalue weighted by atomic mass is 31.2. The minimum atomic E-state index is -1.12. The minimum Gasteiger partial charge on any atom is -0.379 e. The third-order valence-corrected chi connectivity index (χ3v) is 4.99. The van der Waals surface area contributed by atoms with Crippen LogP contribution in [0, 0.1) is 6.57 Å². The second-order valence-corrected chi connectivity index (χ2v) is 6.87. The van der Waals surface area contributed by atoms with Crippen molar-refractivity contribution in [3.8, 4) is 0 Å². The first-order valence-corrected chi connectivity index (χ1v) is 9.52. The van der Waals surface area contributed by atoms with Crippen LogP contribution in [0.2, 0.25) is 0 Å². The SMILES string of the molecule is [B][C@@H]1O[C@H](CC)C(OP(C)OCC[N+]#[C-])[C@@H]1O[C@H](C)[C@@H](C)OC. The van der Waals surface area contributed by atoms with Crippen molar-refractivity contribution in [2.24, 2.45) is 0 Å². The topological polar surface area (TPSA) is 50.5 Å². The molecule has 0 aromatic rings. The second-order valence-electron chi connectivity index (χ2n) is 5.52. The summed E-state index contributed by atoms with van der Waals surface area (Å²) in [6.45, 7) is 15.2. The number of rotatable bonds is 10. The zero-order valence-electron chi connectivity index (χ0n) is 14.6. The average molecular weight is 343 g/mol. The standard InChI is InChI=1S/C15H27BNO5P/c1-7-12-13(22-23(6)19-9-8-17-4)14(15(16)21-12)20-11(3)10(2)18-5/h10-15H,7-9H2,1-3,5-6H3/t10-,11-,12-,13?,14+,15-,23?/m1/s1. The summed E-state index contributed by atoms with van der Waals surface area (Å²) in [5, 5.41) is 0. The fraction of sp³-hybridized carbons (Fsp3) is 0.933. The molecular formula is C15H27BNO5P. The van der Waals surface area contributed by atoms with Crippen LogP contribution in [0.3, 0.4) is 0 Å². The van der Waals surface area contributed by atoms with Crippen molar-refractivity contribution in [2.45, 2.75) is 63.7 Å². The Morgan fingerprint density at radius 2 is 2.00 bits per heavy atom. The van der Waals surface area contributed by atoms with E-state index in [-0.39, 0.29) is 30.5 Å². The van der Waals surface area contributed by atoms with Crippen LogP contribution in [0.15, 0.2) is 0 Å². The van der Waals surface area contributed by atoms with E-state index in [9.17, 15) is 0 Å². The summed E-state index contributed by atoms with van der Waals surface area (Å²) in [5.74, 6) is 0. The first kappa shape index (κ1) is 20.8. The normalized spacial score (nSPS) is 31.5. The molecule has 1 fully saturated rings. The van der Waals surface area contributed by atoms with Gasteiger partial charge in [0.2, 0.25) is 6.54 Å². The maximum absolute atomic E-state index is 6.77. The van der Waals surface area contributed by atoms with Gasteiger partial charge in [-0.05, 0) is 20.3 Å². The Bertz CT molecular complexity index is 383. The number of methoxy groups -OCH3 is 1. The van der Waals surface area contributed by atoms with Crippen LogP contribution in [0.1, 0.15) is 27.2 Å². The highest BCUT2D eigenvalue weighted by Crippen LogP contribution is 2.41. The third kappa shape index (κ3) is 6.30. The zero-order valence-corrected chi connectivity index (χ0v) is 15.5. The van der Waals surface area contributed by atoms with E-state index >= 15 is 0 Å². The van der Waals surface area contributed by atoms with E-state index in [0.717, 1.165) is 6.42 Å². The number of hydrogen-bond donors (Lipinski definition) is 0. The summed E-state index contributed by atoms with van der Waals surface area (Å²) >= 11 is 0. The van der Waals surface area contributed by atoms with Crippen molar-refractivity contribution < 1.29 is 23.3 Å². The molecule has 0 aromatic heterocycles. The quantitative estimate of drug-likeness (QED) is 0.264. The molecule has 1 heterocycles. The van der Waals surface area contributed by atoms with E-state index in [0.29, 0.717) is 13.2 Å². The predicted molar refractivity (Wildman–Crippen MR) is 90.7 cm³/mol. The van der Waals surface area contributed by atoms with Gasteiger partial charge in [0.05, 0.1) is 18.3 Å². The largest absolute Gasteiger partial charge is 0.379 e. The lowest BCUT2D eigenvalue weighted by atomic mass is 9.92. The van der Waals surface area contributed by atoms with Gasteiger partial charge in [-0.3, -0.25) is 0 Å². The lowest BCUT2D eigenvalue weighted by molar-refractivity contribution is -0.100. The molecule has 0 aromatic carbocycles. The molecule has 0 saturated carbocycles. The van der Waals surface area contributed by atoms with Crippen molar-refractivity contribution in [3.05, 3.63) is 11.4 Å². The van der Waals surface area contributed by atoms with Crippen LogP contribution in [-0.2, 0) is 23.3 Å². The maximum atomic E-state index is 6.77.